The molecule has 1 N–H and O–H groups in total. The Bertz CT molecular complexity index is 1300. The molecule has 8 nitrogen and oxygen atoms in total. The lowest BCUT2D eigenvalue weighted by atomic mass is 10.0. The molecule has 9 heteroatoms. The first-order chi connectivity index (χ1) is 13.8. The minimum Gasteiger partial charge on any atom is -0.495 e. The number of ether oxygens (including phenoxy) is 1. The van der Waals surface area contributed by atoms with Gasteiger partial charge in [-0.3, -0.25) is 14.4 Å². The van der Waals surface area contributed by atoms with Crippen molar-refractivity contribution >= 4 is 26.6 Å². The van der Waals surface area contributed by atoms with Gasteiger partial charge in [-0.05, 0) is 30.3 Å². The Morgan fingerprint density at radius 3 is 2.59 bits per heavy atom. The third-order valence-electron chi connectivity index (χ3n) is 4.37. The number of fused-ring (bicyclic) bond motifs is 1. The summed E-state index contributed by atoms with van der Waals surface area (Å²) in [5.41, 5.74) is 4.13. The number of hydrogen-bond acceptors (Lipinski definition) is 6. The zero-order valence-electron chi connectivity index (χ0n) is 16.1. The summed E-state index contributed by atoms with van der Waals surface area (Å²) in [5, 5.41) is 5.02. The molecule has 0 atom stereocenters. The summed E-state index contributed by atoms with van der Waals surface area (Å²) in [6, 6.07) is 11.1. The smallest absolute Gasteiger partial charge is 0.229 e. The van der Waals surface area contributed by atoms with Gasteiger partial charge in [0.1, 0.15) is 5.75 Å². The standard InChI is InChI=1S/C20H19N5O3S/c1-25-12-13(11-22-25)17-8-14(16-6-4-5-7-21-16)15-9-20(28-2)19(10-18(15)23-17)24-29(3,26)27/h4-12,24H,1-3H3. The van der Waals surface area contributed by atoms with Gasteiger partial charge in [0.05, 0.1) is 42.2 Å². The summed E-state index contributed by atoms with van der Waals surface area (Å²) >= 11 is 0. The number of nitrogens with zero attached hydrogens (tertiary/aromatic N) is 4. The van der Waals surface area contributed by atoms with Crippen molar-refractivity contribution in [2.75, 3.05) is 18.1 Å². The van der Waals surface area contributed by atoms with Gasteiger partial charge in [-0.1, -0.05) is 6.07 Å². The molecule has 0 aliphatic carbocycles. The summed E-state index contributed by atoms with van der Waals surface area (Å²) in [6.07, 6.45) is 6.42. The van der Waals surface area contributed by atoms with E-state index in [9.17, 15) is 8.42 Å². The van der Waals surface area contributed by atoms with E-state index in [1.165, 1.54) is 7.11 Å². The molecule has 0 radical (unpaired) electrons. The predicted molar refractivity (Wildman–Crippen MR) is 112 cm³/mol. The quantitative estimate of drug-likeness (QED) is 0.544. The molecule has 0 aliphatic rings. The third-order valence-corrected chi connectivity index (χ3v) is 4.96. The maximum absolute atomic E-state index is 11.8. The predicted octanol–water partition coefficient (Wildman–Crippen LogP) is 3.08. The third kappa shape index (κ3) is 3.90. The Labute approximate surface area is 168 Å². The maximum Gasteiger partial charge on any atom is 0.229 e. The van der Waals surface area contributed by atoms with Crippen molar-refractivity contribution in [3.05, 3.63) is 55.0 Å². The number of nitrogens with one attached hydrogen (secondary N) is 1. The highest BCUT2D eigenvalue weighted by molar-refractivity contribution is 7.92. The zero-order valence-corrected chi connectivity index (χ0v) is 16.9. The monoisotopic (exact) mass is 409 g/mol. The molecule has 148 valence electrons. The number of rotatable bonds is 5. The highest BCUT2D eigenvalue weighted by Crippen LogP contribution is 2.37. The molecule has 0 fully saturated rings. The van der Waals surface area contributed by atoms with Crippen LogP contribution in [-0.4, -0.2) is 41.5 Å². The molecule has 3 heterocycles. The fourth-order valence-corrected chi connectivity index (χ4v) is 3.70. The van der Waals surface area contributed by atoms with Gasteiger partial charge in [0.25, 0.3) is 0 Å². The number of benzene rings is 1. The summed E-state index contributed by atoms with van der Waals surface area (Å²) in [4.78, 5) is 9.22. The van der Waals surface area contributed by atoms with Crippen molar-refractivity contribution in [1.82, 2.24) is 19.7 Å². The summed E-state index contributed by atoms with van der Waals surface area (Å²) in [7, 11) is -0.154. The number of pyridine rings is 2. The second-order valence-electron chi connectivity index (χ2n) is 6.62. The van der Waals surface area contributed by atoms with Crippen molar-refractivity contribution < 1.29 is 13.2 Å². The Morgan fingerprint density at radius 2 is 1.97 bits per heavy atom. The lowest BCUT2D eigenvalue weighted by Gasteiger charge is -2.14. The van der Waals surface area contributed by atoms with Gasteiger partial charge in [-0.2, -0.15) is 5.10 Å². The minimum absolute atomic E-state index is 0.324. The molecule has 0 spiro atoms. The van der Waals surface area contributed by atoms with Crippen LogP contribution >= 0.6 is 0 Å². The topological polar surface area (TPSA) is 99.0 Å². The van der Waals surface area contributed by atoms with Gasteiger partial charge in [0, 0.05) is 36.0 Å². The first-order valence-corrected chi connectivity index (χ1v) is 10.6. The fraction of sp³-hybridized carbons (Fsp3) is 0.150. The molecule has 0 amide bonds. The van der Waals surface area contributed by atoms with E-state index in [0.717, 1.165) is 28.5 Å². The molecule has 0 bridgehead atoms. The van der Waals surface area contributed by atoms with Gasteiger partial charge in [0.15, 0.2) is 0 Å². The van der Waals surface area contributed by atoms with Crippen LogP contribution in [0.5, 0.6) is 5.75 Å². The highest BCUT2D eigenvalue weighted by atomic mass is 32.2. The van der Waals surface area contributed by atoms with Gasteiger partial charge >= 0.3 is 0 Å². The van der Waals surface area contributed by atoms with E-state index in [-0.39, 0.29) is 0 Å². The van der Waals surface area contributed by atoms with Crippen LogP contribution < -0.4 is 9.46 Å². The number of sulfonamides is 1. The van der Waals surface area contributed by atoms with E-state index >= 15 is 0 Å². The molecule has 0 saturated carbocycles. The molecule has 0 saturated heterocycles. The maximum atomic E-state index is 11.8. The summed E-state index contributed by atoms with van der Waals surface area (Å²) in [6.45, 7) is 0. The Hall–Kier alpha value is -3.46. The molecular formula is C20H19N5O3S. The largest absolute Gasteiger partial charge is 0.495 e. The Morgan fingerprint density at radius 1 is 1.14 bits per heavy atom. The zero-order chi connectivity index (χ0) is 20.6. The van der Waals surface area contributed by atoms with Crippen LogP contribution in [0.3, 0.4) is 0 Å². The number of aryl methyl sites for hydroxylation is 1. The van der Waals surface area contributed by atoms with E-state index in [4.69, 9.17) is 9.72 Å². The molecule has 1 aromatic carbocycles. The number of methoxy groups -OCH3 is 1. The molecule has 0 aliphatic heterocycles. The minimum atomic E-state index is -3.48. The van der Waals surface area contributed by atoms with Crippen LogP contribution in [0.15, 0.2) is 55.0 Å². The fourth-order valence-electron chi connectivity index (χ4n) is 3.14. The number of hydrogen-bond donors (Lipinski definition) is 1. The molecule has 4 rings (SSSR count). The second-order valence-corrected chi connectivity index (χ2v) is 8.37. The van der Waals surface area contributed by atoms with Crippen LogP contribution in [0.4, 0.5) is 5.69 Å². The Kier molecular flexibility index (Phi) is 4.67. The number of aromatic nitrogens is 4. The summed E-state index contributed by atoms with van der Waals surface area (Å²) < 4.78 is 33.2. The van der Waals surface area contributed by atoms with Crippen molar-refractivity contribution in [2.45, 2.75) is 0 Å². The van der Waals surface area contributed by atoms with Crippen molar-refractivity contribution in [2.24, 2.45) is 7.05 Å². The van der Waals surface area contributed by atoms with Gasteiger partial charge in [0.2, 0.25) is 10.0 Å². The first-order valence-electron chi connectivity index (χ1n) is 8.75. The highest BCUT2D eigenvalue weighted by Gasteiger charge is 2.16. The van der Waals surface area contributed by atoms with Crippen LogP contribution in [0.1, 0.15) is 0 Å². The molecule has 4 aromatic rings. The molecule has 29 heavy (non-hydrogen) atoms. The SMILES string of the molecule is COc1cc2c(-c3ccccn3)cc(-c3cnn(C)c3)nc2cc1NS(C)(=O)=O. The van der Waals surface area contributed by atoms with Crippen molar-refractivity contribution in [1.29, 1.82) is 0 Å². The van der Waals surface area contributed by atoms with Gasteiger partial charge < -0.3 is 4.74 Å². The average molecular weight is 409 g/mol. The average Bonchev–Trinajstić information content (AvgIpc) is 3.12. The molecule has 3 aromatic heterocycles. The Balaban J connectivity index is 2.02. The van der Waals surface area contributed by atoms with E-state index in [1.54, 1.807) is 29.2 Å². The number of anilines is 1. The van der Waals surface area contributed by atoms with E-state index in [1.807, 2.05) is 37.5 Å². The molecular weight excluding hydrogens is 390 g/mol. The lowest BCUT2D eigenvalue weighted by molar-refractivity contribution is 0.417. The van der Waals surface area contributed by atoms with E-state index < -0.39 is 10.0 Å². The van der Waals surface area contributed by atoms with Gasteiger partial charge in [-0.25, -0.2) is 13.4 Å². The van der Waals surface area contributed by atoms with E-state index in [2.05, 4.69) is 14.8 Å². The first kappa shape index (κ1) is 18.9. The van der Waals surface area contributed by atoms with E-state index in [0.29, 0.717) is 22.6 Å². The van der Waals surface area contributed by atoms with Crippen LogP contribution in [-0.2, 0) is 17.1 Å². The van der Waals surface area contributed by atoms with Crippen LogP contribution in [0.2, 0.25) is 0 Å². The van der Waals surface area contributed by atoms with Gasteiger partial charge in [-0.15, -0.1) is 0 Å². The van der Waals surface area contributed by atoms with Crippen LogP contribution in [0, 0.1) is 0 Å². The normalized spacial score (nSPS) is 11.6. The van der Waals surface area contributed by atoms with Crippen molar-refractivity contribution in [3.8, 4) is 28.3 Å². The lowest BCUT2D eigenvalue weighted by Crippen LogP contribution is -2.10. The van der Waals surface area contributed by atoms with Crippen LogP contribution in [0.25, 0.3) is 33.4 Å². The second kappa shape index (κ2) is 7.17. The van der Waals surface area contributed by atoms with Crippen molar-refractivity contribution in [3.63, 3.8) is 0 Å². The summed E-state index contributed by atoms with van der Waals surface area (Å²) in [5.74, 6) is 0.399. The molecule has 0 unspecified atom stereocenters.